The molecule has 1 aromatic carbocycles. The van der Waals surface area contributed by atoms with E-state index in [0.717, 1.165) is 5.69 Å². The summed E-state index contributed by atoms with van der Waals surface area (Å²) in [6, 6.07) is 14.4. The van der Waals surface area contributed by atoms with Crippen LogP contribution in [0.1, 0.15) is 50.7 Å². The first kappa shape index (κ1) is 49.4. The molecule has 0 spiro atoms. The van der Waals surface area contributed by atoms with Crippen LogP contribution in [0.2, 0.25) is 0 Å². The molecule has 3 N–H and O–H groups in total. The molecule has 2 amide bonds. The molecule has 0 saturated carbocycles. The van der Waals surface area contributed by atoms with Crippen molar-refractivity contribution in [2.45, 2.75) is 53.2 Å². The van der Waals surface area contributed by atoms with Gasteiger partial charge in [-0.25, -0.2) is 0 Å². The van der Waals surface area contributed by atoms with Crippen molar-refractivity contribution in [1.29, 1.82) is 5.26 Å². The normalized spacial score (nSPS) is 8.41. The molecule has 2 rings (SSSR count). The summed E-state index contributed by atoms with van der Waals surface area (Å²) in [6.07, 6.45) is 1.68. The van der Waals surface area contributed by atoms with Gasteiger partial charge in [-0.3, -0.25) is 14.6 Å². The summed E-state index contributed by atoms with van der Waals surface area (Å²) < 4.78 is 5.69. The maximum absolute atomic E-state index is 12.5. The van der Waals surface area contributed by atoms with Gasteiger partial charge in [0.2, 0.25) is 0 Å². The third-order valence-corrected chi connectivity index (χ3v) is 4.04. The third-order valence-electron chi connectivity index (χ3n) is 4.04. The first-order valence-corrected chi connectivity index (χ1v) is 11.5. The molecular formula is C23H32EuN7O13. The molecule has 0 fully saturated rings. The van der Waals surface area contributed by atoms with Crippen LogP contribution in [-0.4, -0.2) is 61.1 Å². The van der Waals surface area contributed by atoms with Gasteiger partial charge in [0.1, 0.15) is 5.75 Å². The number of aromatic nitrogens is 1. The van der Waals surface area contributed by atoms with Crippen molar-refractivity contribution in [3.05, 3.63) is 106 Å². The second-order valence-corrected chi connectivity index (χ2v) is 7.67. The minimum Gasteiger partial charge on any atom is -0.483 e. The summed E-state index contributed by atoms with van der Waals surface area (Å²) in [5, 5.41) is 54.4. The van der Waals surface area contributed by atoms with Crippen LogP contribution in [-0.2, 0) is 11.3 Å². The van der Waals surface area contributed by atoms with E-state index >= 15 is 0 Å². The molecule has 0 radical (unpaired) electrons. The molecule has 2 aromatic rings. The molecule has 0 aliphatic carbocycles. The van der Waals surface area contributed by atoms with Crippen molar-refractivity contribution >= 4 is 11.8 Å². The Hall–Kier alpha value is -4.26. The Labute approximate surface area is 292 Å². The number of nitrogens with zero attached hydrogens (tertiary/aromatic N) is 6. The Kier molecular flexibility index (Phi) is 33.9. The van der Waals surface area contributed by atoms with Crippen LogP contribution in [0.5, 0.6) is 5.75 Å². The van der Waals surface area contributed by atoms with Crippen LogP contribution < -0.4 is 10.1 Å². The van der Waals surface area contributed by atoms with Gasteiger partial charge < -0.3 is 66.4 Å². The molecule has 20 nitrogen and oxygen atoms in total. The molecule has 21 heteroatoms. The van der Waals surface area contributed by atoms with Crippen molar-refractivity contribution in [2.24, 2.45) is 0 Å². The summed E-state index contributed by atoms with van der Waals surface area (Å²) in [6.45, 7) is 9.52. The zero-order valence-electron chi connectivity index (χ0n) is 24.1. The Bertz CT molecular complexity index is 1100. The molecule has 0 bridgehead atoms. The third kappa shape index (κ3) is 30.7. The summed E-state index contributed by atoms with van der Waals surface area (Å²) >= 11 is 0. The van der Waals surface area contributed by atoms with Gasteiger partial charge >= 0.3 is 49.4 Å². The SMILES string of the molecule is CC#N.CC(C)N(C(=O)COc1ccccc1C(=O)NCc1ccccn1)C(C)C.O.O=[N+]([O-])[O-].O=[N+]([O-])[O-].O=[N+]([O-])[O-].[Eu+3]. The van der Waals surface area contributed by atoms with E-state index in [1.807, 2.05) is 45.9 Å². The molecule has 1 heterocycles. The van der Waals surface area contributed by atoms with Gasteiger partial charge in [-0.05, 0) is 52.0 Å². The topological polar surface area (TPSA) is 325 Å². The molecule has 0 saturated heterocycles. The van der Waals surface area contributed by atoms with Gasteiger partial charge in [-0.15, -0.1) is 0 Å². The number of carbonyl (C=O) groups excluding carboxylic acids is 2. The summed E-state index contributed by atoms with van der Waals surface area (Å²) in [4.78, 5) is 55.7. The van der Waals surface area contributed by atoms with Crippen LogP contribution in [0.4, 0.5) is 0 Å². The molecular weight excluding hydrogens is 734 g/mol. The molecule has 244 valence electrons. The van der Waals surface area contributed by atoms with E-state index in [1.165, 1.54) is 6.92 Å². The molecule has 1 aromatic heterocycles. The molecule has 0 unspecified atom stereocenters. The first-order valence-electron chi connectivity index (χ1n) is 11.5. The predicted octanol–water partition coefficient (Wildman–Crippen LogP) is 2.02. The molecule has 0 aliphatic rings. The van der Waals surface area contributed by atoms with Gasteiger partial charge in [0.25, 0.3) is 11.8 Å². The average molecular weight is 767 g/mol. The Morgan fingerprint density at radius 1 is 0.909 bits per heavy atom. The van der Waals surface area contributed by atoms with Crippen LogP contribution in [0.3, 0.4) is 0 Å². The predicted molar refractivity (Wildman–Crippen MR) is 150 cm³/mol. The Balaban J connectivity index is -0.000000250. The number of nitrogens with one attached hydrogen (secondary N) is 1. The molecule has 0 atom stereocenters. The van der Waals surface area contributed by atoms with Crippen molar-refractivity contribution in [3.8, 4) is 11.8 Å². The van der Waals surface area contributed by atoms with E-state index < -0.39 is 15.3 Å². The summed E-state index contributed by atoms with van der Waals surface area (Å²) in [7, 11) is 0. The number of carbonyl (C=O) groups is 2. The summed E-state index contributed by atoms with van der Waals surface area (Å²) in [5.41, 5.74) is 1.16. The van der Waals surface area contributed by atoms with Gasteiger partial charge in [-0.2, -0.15) is 5.26 Å². The second-order valence-electron chi connectivity index (χ2n) is 7.67. The number of hydrogen-bond acceptors (Lipinski definition) is 14. The number of pyridine rings is 1. The minimum absolute atomic E-state index is 0. The van der Waals surface area contributed by atoms with Crippen molar-refractivity contribution < 1.29 is 84.4 Å². The van der Waals surface area contributed by atoms with E-state index in [-0.39, 0.29) is 85.4 Å². The zero-order chi connectivity index (χ0) is 33.3. The molecule has 44 heavy (non-hydrogen) atoms. The number of benzene rings is 1. The van der Waals surface area contributed by atoms with E-state index in [1.54, 1.807) is 41.4 Å². The van der Waals surface area contributed by atoms with Gasteiger partial charge in [0.05, 0.1) is 39.1 Å². The van der Waals surface area contributed by atoms with Gasteiger partial charge in [0.15, 0.2) is 6.61 Å². The monoisotopic (exact) mass is 767 g/mol. The van der Waals surface area contributed by atoms with Gasteiger partial charge in [-0.1, -0.05) is 18.2 Å². The number of hydrogen-bond donors (Lipinski definition) is 1. The molecule has 0 aliphatic heterocycles. The van der Waals surface area contributed by atoms with Gasteiger partial charge in [0, 0.05) is 25.2 Å². The van der Waals surface area contributed by atoms with Crippen LogP contribution >= 0.6 is 0 Å². The van der Waals surface area contributed by atoms with Crippen LogP contribution in [0.25, 0.3) is 0 Å². The van der Waals surface area contributed by atoms with Crippen molar-refractivity contribution in [3.63, 3.8) is 0 Å². The zero-order valence-corrected chi connectivity index (χ0v) is 26.6. The van der Waals surface area contributed by atoms with Crippen molar-refractivity contribution in [2.75, 3.05) is 6.61 Å². The largest absolute Gasteiger partial charge is 3.00 e. The average Bonchev–Trinajstić information content (AvgIpc) is 2.86. The Morgan fingerprint density at radius 3 is 1.70 bits per heavy atom. The fourth-order valence-electron chi connectivity index (χ4n) is 2.94. The fraction of sp³-hybridized carbons (Fsp3) is 0.391. The maximum Gasteiger partial charge on any atom is 3.00 e. The smallest absolute Gasteiger partial charge is 0.483 e. The fourth-order valence-corrected chi connectivity index (χ4v) is 2.94. The number of para-hydroxylation sites is 1. The maximum atomic E-state index is 12.5. The second kappa shape index (κ2) is 30.2. The van der Waals surface area contributed by atoms with E-state index in [9.17, 15) is 9.59 Å². The van der Waals surface area contributed by atoms with Crippen LogP contribution in [0, 0.1) is 107 Å². The van der Waals surface area contributed by atoms with E-state index in [2.05, 4.69) is 10.3 Å². The minimum atomic E-state index is -1.75. The quantitative estimate of drug-likeness (QED) is 0.297. The number of ether oxygens (including phenoxy) is 1. The first-order chi connectivity index (χ1) is 19.5. The van der Waals surface area contributed by atoms with Crippen molar-refractivity contribution in [1.82, 2.24) is 15.2 Å². The number of amides is 2. The van der Waals surface area contributed by atoms with E-state index in [4.69, 9.17) is 56.0 Å². The standard InChI is InChI=1S/C21H27N3O3.C2H3N.Eu.3NO3.H2O/c1-15(2)24(16(3)4)20(25)14-27-19-11-6-5-10-18(19)21(26)23-13-17-9-7-8-12-22-17;1-2-3;;3*2-1(3)4;/h5-12,15-16H,13-14H2,1-4H3,(H,23,26);1H3;;;;;1H2/q;;+3;3*-1;. The van der Waals surface area contributed by atoms with E-state index in [0.29, 0.717) is 17.9 Å². The Morgan fingerprint density at radius 2 is 1.32 bits per heavy atom. The van der Waals surface area contributed by atoms with Crippen LogP contribution in [0.15, 0.2) is 48.7 Å². The summed E-state index contributed by atoms with van der Waals surface area (Å²) in [5.74, 6) is 0.00815. The number of rotatable bonds is 8. The number of nitriles is 1.